The number of para-hydroxylation sites is 3. The normalized spacial score (nSPS) is 12.1. The predicted octanol–water partition coefficient (Wildman–Crippen LogP) is 13.3. The number of thiophene rings is 1. The minimum Gasteiger partial charge on any atom is -0.309 e. The number of hydrogen-bond donors (Lipinski definition) is 0. The monoisotopic (exact) mass is 848 g/mol. The van der Waals surface area contributed by atoms with Crippen LogP contribution >= 0.6 is 11.3 Å². The highest BCUT2D eigenvalue weighted by molar-refractivity contribution is 7.26. The summed E-state index contributed by atoms with van der Waals surface area (Å²) in [5.74, 6) is 0. The quantitative estimate of drug-likeness (QED) is 0.112. The molecule has 3 aromatic heterocycles. The van der Waals surface area contributed by atoms with Crippen LogP contribution in [0.2, 0.25) is 0 Å². The van der Waals surface area contributed by atoms with Crippen LogP contribution in [0.4, 0.5) is 0 Å². The molecular weight excluding hydrogens is 809 g/mol. The van der Waals surface area contributed by atoms with Gasteiger partial charge in [-0.2, -0.15) is 0 Å². The molecule has 0 aliphatic carbocycles. The SMILES string of the molecule is c1ccc(-n2c3ccccc3c3c2ccc2c4ccccc4n(-c4cccc([Si](c5ccccc5)(c5ccccc5)c5cccc(-c6cccc7c6sc6ccccc67)c5)c4)c23)cc1. The van der Waals surface area contributed by atoms with Gasteiger partial charge in [0.2, 0.25) is 0 Å². The Morgan fingerprint density at radius 1 is 0.328 bits per heavy atom. The first-order valence-electron chi connectivity index (χ1n) is 22.0. The highest BCUT2D eigenvalue weighted by Crippen LogP contribution is 2.43. The maximum atomic E-state index is 2.55. The fourth-order valence-corrected chi connectivity index (χ4v) is 16.8. The number of aromatic nitrogens is 2. The van der Waals surface area contributed by atoms with Crippen LogP contribution in [0.15, 0.2) is 243 Å². The van der Waals surface area contributed by atoms with Gasteiger partial charge in [0.25, 0.3) is 0 Å². The highest BCUT2D eigenvalue weighted by atomic mass is 32.1. The molecular formula is C60H40N2SSi. The Morgan fingerprint density at radius 2 is 0.875 bits per heavy atom. The molecule has 0 amide bonds. The average Bonchev–Trinajstić information content (AvgIpc) is 4.03. The lowest BCUT2D eigenvalue weighted by molar-refractivity contribution is 1.17. The molecule has 4 heteroatoms. The first-order valence-corrected chi connectivity index (χ1v) is 24.8. The first-order chi connectivity index (χ1) is 31.8. The van der Waals surface area contributed by atoms with Crippen molar-refractivity contribution in [1.29, 1.82) is 0 Å². The zero-order valence-corrected chi connectivity index (χ0v) is 36.7. The smallest absolute Gasteiger partial charge is 0.179 e. The summed E-state index contributed by atoms with van der Waals surface area (Å²) < 4.78 is 7.63. The number of benzene rings is 10. The maximum Gasteiger partial charge on any atom is 0.179 e. The molecule has 10 aromatic carbocycles. The van der Waals surface area contributed by atoms with E-state index >= 15 is 0 Å². The van der Waals surface area contributed by atoms with E-state index in [1.807, 2.05) is 11.3 Å². The zero-order chi connectivity index (χ0) is 42.2. The van der Waals surface area contributed by atoms with Crippen LogP contribution < -0.4 is 20.7 Å². The first kappa shape index (κ1) is 36.9. The summed E-state index contributed by atoms with van der Waals surface area (Å²) in [6, 6.07) is 90.6. The molecule has 300 valence electrons. The van der Waals surface area contributed by atoms with Crippen LogP contribution in [0.25, 0.3) is 86.3 Å². The largest absolute Gasteiger partial charge is 0.309 e. The molecule has 0 atom stereocenters. The zero-order valence-electron chi connectivity index (χ0n) is 34.9. The Kier molecular flexibility index (Phi) is 8.45. The molecule has 0 saturated carbocycles. The van der Waals surface area contributed by atoms with Gasteiger partial charge in [0, 0.05) is 53.1 Å². The van der Waals surface area contributed by atoms with Crippen molar-refractivity contribution in [2.75, 3.05) is 0 Å². The second-order valence-corrected chi connectivity index (χ2v) is 21.7. The molecule has 0 radical (unpaired) electrons. The van der Waals surface area contributed by atoms with Crippen molar-refractivity contribution in [3.8, 4) is 22.5 Å². The molecule has 13 rings (SSSR count). The summed E-state index contributed by atoms with van der Waals surface area (Å²) in [4.78, 5) is 0. The van der Waals surface area contributed by atoms with Crippen molar-refractivity contribution >= 4 is 104 Å². The van der Waals surface area contributed by atoms with Gasteiger partial charge in [0.1, 0.15) is 0 Å². The minimum absolute atomic E-state index is 1.16. The summed E-state index contributed by atoms with van der Waals surface area (Å²) in [5.41, 5.74) is 9.66. The highest BCUT2D eigenvalue weighted by Gasteiger charge is 2.42. The fourth-order valence-electron chi connectivity index (χ4n) is 10.8. The predicted molar refractivity (Wildman–Crippen MR) is 277 cm³/mol. The molecule has 0 aliphatic rings. The van der Waals surface area contributed by atoms with Gasteiger partial charge in [-0.3, -0.25) is 0 Å². The maximum absolute atomic E-state index is 2.99. The van der Waals surface area contributed by atoms with E-state index in [1.54, 1.807) is 0 Å². The lowest BCUT2D eigenvalue weighted by Gasteiger charge is -2.35. The van der Waals surface area contributed by atoms with E-state index in [4.69, 9.17) is 0 Å². The van der Waals surface area contributed by atoms with E-state index in [0.29, 0.717) is 0 Å². The summed E-state index contributed by atoms with van der Waals surface area (Å²) in [7, 11) is -2.99. The molecule has 64 heavy (non-hydrogen) atoms. The molecule has 0 unspecified atom stereocenters. The molecule has 0 N–H and O–H groups in total. The average molecular weight is 849 g/mol. The minimum atomic E-state index is -2.99. The van der Waals surface area contributed by atoms with Crippen LogP contribution in [0, 0.1) is 0 Å². The van der Waals surface area contributed by atoms with Gasteiger partial charge in [-0.25, -0.2) is 0 Å². The Balaban J connectivity index is 1.11. The number of rotatable bonds is 7. The Morgan fingerprint density at radius 3 is 1.62 bits per heavy atom. The third-order valence-electron chi connectivity index (χ3n) is 13.4. The molecule has 13 aromatic rings. The van der Waals surface area contributed by atoms with Crippen molar-refractivity contribution in [1.82, 2.24) is 9.13 Å². The van der Waals surface area contributed by atoms with Gasteiger partial charge < -0.3 is 9.13 Å². The van der Waals surface area contributed by atoms with Crippen molar-refractivity contribution in [3.63, 3.8) is 0 Å². The standard InChI is InChI=1S/C60H40N2SSi/c1-4-20-42(21-5-1)61-55-35-14-11-31-53(55)58-56(61)38-37-51-49-29-10-13-34-54(49)62(59(51)58)43-22-17-28-47(40-43)64(44-23-6-2-7-24-44,45-25-8-3-9-26-45)46-27-16-19-41(39-46)48-32-18-33-52-50-30-12-15-36-57(50)63-60(48)52/h1-40H. The number of hydrogen-bond acceptors (Lipinski definition) is 1. The second-order valence-electron chi connectivity index (χ2n) is 16.8. The third kappa shape index (κ3) is 5.43. The molecule has 0 fully saturated rings. The van der Waals surface area contributed by atoms with Crippen LogP contribution in [0.3, 0.4) is 0 Å². The van der Waals surface area contributed by atoms with Gasteiger partial charge in [-0.05, 0) is 80.4 Å². The van der Waals surface area contributed by atoms with E-state index in [0.717, 1.165) is 11.4 Å². The van der Waals surface area contributed by atoms with Gasteiger partial charge in [0.15, 0.2) is 8.07 Å². The summed E-state index contributed by atoms with van der Waals surface area (Å²) in [6.07, 6.45) is 0. The van der Waals surface area contributed by atoms with Gasteiger partial charge in [-0.15, -0.1) is 11.3 Å². The van der Waals surface area contributed by atoms with Gasteiger partial charge in [0.05, 0.1) is 22.1 Å². The van der Waals surface area contributed by atoms with Crippen molar-refractivity contribution in [3.05, 3.63) is 243 Å². The van der Waals surface area contributed by atoms with Crippen molar-refractivity contribution in [2.45, 2.75) is 0 Å². The van der Waals surface area contributed by atoms with Gasteiger partial charge in [-0.1, -0.05) is 194 Å². The molecule has 3 heterocycles. The lowest BCUT2D eigenvalue weighted by atomic mass is 10.0. The molecule has 0 saturated heterocycles. The molecule has 0 spiro atoms. The molecule has 2 nitrogen and oxygen atoms in total. The van der Waals surface area contributed by atoms with E-state index in [9.17, 15) is 0 Å². The summed E-state index contributed by atoms with van der Waals surface area (Å²) in [5, 5.41) is 13.0. The summed E-state index contributed by atoms with van der Waals surface area (Å²) in [6.45, 7) is 0. The lowest BCUT2D eigenvalue weighted by Crippen LogP contribution is -2.74. The second kappa shape index (κ2) is 14.7. The number of nitrogens with zero attached hydrogens (tertiary/aromatic N) is 2. The molecule has 0 bridgehead atoms. The Bertz CT molecular complexity index is 3860. The van der Waals surface area contributed by atoms with Crippen molar-refractivity contribution in [2.24, 2.45) is 0 Å². The van der Waals surface area contributed by atoms with Crippen LogP contribution in [-0.2, 0) is 0 Å². The van der Waals surface area contributed by atoms with Crippen LogP contribution in [-0.4, -0.2) is 17.2 Å². The third-order valence-corrected chi connectivity index (χ3v) is 19.4. The Hall–Kier alpha value is -7.76. The summed E-state index contributed by atoms with van der Waals surface area (Å²) >= 11 is 1.90. The Labute approximate surface area is 376 Å². The van der Waals surface area contributed by atoms with E-state index in [-0.39, 0.29) is 0 Å². The topological polar surface area (TPSA) is 9.86 Å². The fraction of sp³-hybridized carbons (Fsp3) is 0. The van der Waals surface area contributed by atoms with Gasteiger partial charge >= 0.3 is 0 Å². The van der Waals surface area contributed by atoms with E-state index < -0.39 is 8.07 Å². The number of fused-ring (bicyclic) bond motifs is 10. The van der Waals surface area contributed by atoms with E-state index in [1.165, 1.54) is 95.7 Å². The van der Waals surface area contributed by atoms with E-state index in [2.05, 4.69) is 252 Å². The van der Waals surface area contributed by atoms with Crippen LogP contribution in [0.1, 0.15) is 0 Å². The molecule has 0 aliphatic heterocycles. The van der Waals surface area contributed by atoms with Crippen molar-refractivity contribution < 1.29 is 0 Å². The van der Waals surface area contributed by atoms with Crippen LogP contribution in [0.5, 0.6) is 0 Å².